The average molecular weight is 410 g/mol. The molecule has 1 nitrogen and oxygen atoms in total. The molecule has 2 heterocycles. The number of nitrogens with one attached hydrogen (secondary N) is 1. The van der Waals surface area contributed by atoms with E-state index in [-0.39, 0.29) is 18.0 Å². The van der Waals surface area contributed by atoms with E-state index < -0.39 is 11.1 Å². The zero-order valence-corrected chi connectivity index (χ0v) is 16.1. The minimum atomic E-state index is -4.33. The first-order valence-corrected chi connectivity index (χ1v) is 9.43. The Labute approximate surface area is 166 Å². The maximum absolute atomic E-state index is 13.5. The van der Waals surface area contributed by atoms with E-state index >= 15 is 0 Å². The molecule has 142 valence electrons. The zero-order valence-electron chi connectivity index (χ0n) is 14.5. The van der Waals surface area contributed by atoms with Gasteiger partial charge in [-0.05, 0) is 48.1 Å². The molecular formula is C21H19ClF3NS. The van der Waals surface area contributed by atoms with E-state index in [0.717, 1.165) is 35.6 Å². The lowest BCUT2D eigenvalue weighted by Gasteiger charge is -2.07. The standard InChI is InChI=1S/C21H18F3NS.ClH/c22-21(23,24)20-18(15-4-2-1-3-5-15)13-17(26-20)8-6-14-7-9-19-16(12-14)10-11-25-19;/h1-5,7,9,12-13,25H,6,8,10-11H2;1H. The third-order valence-electron chi connectivity index (χ3n) is 4.66. The van der Waals surface area contributed by atoms with E-state index in [4.69, 9.17) is 0 Å². The lowest BCUT2D eigenvalue weighted by atomic mass is 10.0. The first kappa shape index (κ1) is 19.8. The molecule has 27 heavy (non-hydrogen) atoms. The molecule has 1 aromatic heterocycles. The Balaban J connectivity index is 0.00000210. The summed E-state index contributed by atoms with van der Waals surface area (Å²) in [4.78, 5) is 0.270. The number of rotatable bonds is 4. The first-order chi connectivity index (χ1) is 12.5. The van der Waals surface area contributed by atoms with Gasteiger partial charge in [0.1, 0.15) is 4.88 Å². The van der Waals surface area contributed by atoms with Gasteiger partial charge in [0.05, 0.1) is 0 Å². The normalized spacial score (nSPS) is 13.0. The van der Waals surface area contributed by atoms with Crippen LogP contribution < -0.4 is 5.32 Å². The molecule has 6 heteroatoms. The Bertz CT molecular complexity index is 919. The van der Waals surface area contributed by atoms with Crippen molar-refractivity contribution in [3.8, 4) is 11.1 Å². The Hall–Kier alpha value is -1.98. The number of thiophene rings is 1. The SMILES string of the molecule is Cl.FC(F)(F)c1sc(CCc2ccc3c(c2)CCN3)cc1-c1ccccc1. The van der Waals surface area contributed by atoms with E-state index in [0.29, 0.717) is 12.0 Å². The predicted octanol–water partition coefficient (Wildman–Crippen LogP) is 6.61. The largest absolute Gasteiger partial charge is 0.426 e. The van der Waals surface area contributed by atoms with Crippen LogP contribution in [0.1, 0.15) is 20.9 Å². The highest BCUT2D eigenvalue weighted by atomic mass is 35.5. The van der Waals surface area contributed by atoms with Gasteiger partial charge in [-0.1, -0.05) is 42.5 Å². The summed E-state index contributed by atoms with van der Waals surface area (Å²) >= 11 is 0.869. The highest BCUT2D eigenvalue weighted by Crippen LogP contribution is 2.43. The maximum Gasteiger partial charge on any atom is 0.426 e. The van der Waals surface area contributed by atoms with Gasteiger partial charge in [-0.25, -0.2) is 0 Å². The number of hydrogen-bond donors (Lipinski definition) is 1. The molecule has 0 bridgehead atoms. The zero-order chi connectivity index (χ0) is 18.1. The van der Waals surface area contributed by atoms with Crippen molar-refractivity contribution in [1.82, 2.24) is 0 Å². The number of alkyl halides is 3. The Morgan fingerprint density at radius 2 is 1.74 bits per heavy atom. The molecule has 0 amide bonds. The summed E-state index contributed by atoms with van der Waals surface area (Å²) < 4.78 is 40.4. The summed E-state index contributed by atoms with van der Waals surface area (Å²) in [5.74, 6) is 0. The highest BCUT2D eigenvalue weighted by Gasteiger charge is 2.36. The van der Waals surface area contributed by atoms with Gasteiger partial charge in [-0.2, -0.15) is 13.2 Å². The molecule has 0 radical (unpaired) electrons. The second kappa shape index (κ2) is 7.95. The smallest absolute Gasteiger partial charge is 0.384 e. The van der Waals surface area contributed by atoms with Crippen molar-refractivity contribution in [2.24, 2.45) is 0 Å². The average Bonchev–Trinajstić information content (AvgIpc) is 3.27. The Morgan fingerprint density at radius 3 is 2.48 bits per heavy atom. The number of hydrogen-bond acceptors (Lipinski definition) is 2. The van der Waals surface area contributed by atoms with Crippen LogP contribution in [0.25, 0.3) is 11.1 Å². The summed E-state index contributed by atoms with van der Waals surface area (Å²) in [6.45, 7) is 0.957. The van der Waals surface area contributed by atoms with Gasteiger partial charge in [0.2, 0.25) is 0 Å². The van der Waals surface area contributed by atoms with Gasteiger partial charge in [0.25, 0.3) is 0 Å². The molecule has 2 aromatic carbocycles. The molecule has 0 unspecified atom stereocenters. The lowest BCUT2D eigenvalue weighted by molar-refractivity contribution is -0.133. The molecule has 1 N–H and O–H groups in total. The second-order valence-electron chi connectivity index (χ2n) is 6.49. The van der Waals surface area contributed by atoms with Crippen LogP contribution in [0, 0.1) is 0 Å². The van der Waals surface area contributed by atoms with Crippen LogP contribution in [0.3, 0.4) is 0 Å². The maximum atomic E-state index is 13.5. The molecule has 3 aromatic rings. The lowest BCUT2D eigenvalue weighted by Crippen LogP contribution is -2.03. The third kappa shape index (κ3) is 4.30. The summed E-state index contributed by atoms with van der Waals surface area (Å²) in [5, 5.41) is 3.32. The number of anilines is 1. The van der Waals surface area contributed by atoms with Crippen LogP contribution in [-0.2, 0) is 25.4 Å². The van der Waals surface area contributed by atoms with E-state index in [1.54, 1.807) is 30.3 Å². The number of halogens is 4. The predicted molar refractivity (Wildman–Crippen MR) is 108 cm³/mol. The van der Waals surface area contributed by atoms with Crippen LogP contribution in [0.5, 0.6) is 0 Å². The van der Waals surface area contributed by atoms with Crippen LogP contribution in [0.4, 0.5) is 18.9 Å². The van der Waals surface area contributed by atoms with Crippen molar-refractivity contribution in [2.75, 3.05) is 11.9 Å². The van der Waals surface area contributed by atoms with Crippen molar-refractivity contribution in [2.45, 2.75) is 25.4 Å². The van der Waals surface area contributed by atoms with Gasteiger partial charge in [0.15, 0.2) is 0 Å². The van der Waals surface area contributed by atoms with Gasteiger partial charge in [0, 0.05) is 22.7 Å². The van der Waals surface area contributed by atoms with Crippen LogP contribution in [0.15, 0.2) is 54.6 Å². The van der Waals surface area contributed by atoms with Gasteiger partial charge >= 0.3 is 6.18 Å². The van der Waals surface area contributed by atoms with Crippen molar-refractivity contribution in [1.29, 1.82) is 0 Å². The van der Waals surface area contributed by atoms with Crippen molar-refractivity contribution < 1.29 is 13.2 Å². The quantitative estimate of drug-likeness (QED) is 0.511. The van der Waals surface area contributed by atoms with Gasteiger partial charge in [-0.3, -0.25) is 0 Å². The molecule has 0 aliphatic carbocycles. The topological polar surface area (TPSA) is 12.0 Å². The van der Waals surface area contributed by atoms with Crippen LogP contribution >= 0.6 is 23.7 Å². The summed E-state index contributed by atoms with van der Waals surface area (Å²) in [6, 6.07) is 16.8. The number of benzene rings is 2. The third-order valence-corrected chi connectivity index (χ3v) is 5.90. The summed E-state index contributed by atoms with van der Waals surface area (Å²) in [7, 11) is 0. The monoisotopic (exact) mass is 409 g/mol. The van der Waals surface area contributed by atoms with Crippen LogP contribution in [-0.4, -0.2) is 6.54 Å². The molecule has 4 rings (SSSR count). The fourth-order valence-corrected chi connectivity index (χ4v) is 4.43. The first-order valence-electron chi connectivity index (χ1n) is 8.62. The minimum Gasteiger partial charge on any atom is -0.384 e. The van der Waals surface area contributed by atoms with Gasteiger partial charge < -0.3 is 5.32 Å². The molecule has 0 saturated carbocycles. The number of aryl methyl sites for hydroxylation is 2. The van der Waals surface area contributed by atoms with Crippen molar-refractivity contribution >= 4 is 29.4 Å². The fraction of sp³-hybridized carbons (Fsp3) is 0.238. The molecule has 0 atom stereocenters. The molecule has 1 aliphatic rings. The molecule has 0 fully saturated rings. The number of fused-ring (bicyclic) bond motifs is 1. The Morgan fingerprint density at radius 1 is 0.963 bits per heavy atom. The van der Waals surface area contributed by atoms with E-state index in [1.165, 1.54) is 16.8 Å². The van der Waals surface area contributed by atoms with E-state index in [2.05, 4.69) is 23.5 Å². The molecule has 0 spiro atoms. The Kier molecular flexibility index (Phi) is 5.82. The molecular weight excluding hydrogens is 391 g/mol. The van der Waals surface area contributed by atoms with Gasteiger partial charge in [-0.15, -0.1) is 23.7 Å². The summed E-state index contributed by atoms with van der Waals surface area (Å²) in [6.07, 6.45) is -1.95. The van der Waals surface area contributed by atoms with E-state index in [9.17, 15) is 13.2 Å². The summed E-state index contributed by atoms with van der Waals surface area (Å²) in [5.41, 5.74) is 4.56. The fourth-order valence-electron chi connectivity index (χ4n) is 3.39. The highest BCUT2D eigenvalue weighted by molar-refractivity contribution is 7.12. The molecule has 1 aliphatic heterocycles. The minimum absolute atomic E-state index is 0. The molecule has 0 saturated heterocycles. The van der Waals surface area contributed by atoms with Crippen molar-refractivity contribution in [3.63, 3.8) is 0 Å². The van der Waals surface area contributed by atoms with Crippen LogP contribution in [0.2, 0.25) is 0 Å². The van der Waals surface area contributed by atoms with Crippen molar-refractivity contribution in [3.05, 3.63) is 75.5 Å². The van der Waals surface area contributed by atoms with E-state index in [1.807, 2.05) is 6.07 Å². The second-order valence-corrected chi connectivity index (χ2v) is 7.62.